The van der Waals surface area contributed by atoms with E-state index in [0.717, 1.165) is 0 Å². The highest BCUT2D eigenvalue weighted by molar-refractivity contribution is 6.01. The highest BCUT2D eigenvalue weighted by atomic mass is 16.5. The van der Waals surface area contributed by atoms with E-state index in [9.17, 15) is 9.59 Å². The first-order chi connectivity index (χ1) is 14.0. The molecular weight excluding hydrogens is 376 g/mol. The number of benzene rings is 1. The Labute approximate surface area is 166 Å². The molecule has 0 radical (unpaired) electrons. The average Bonchev–Trinajstić information content (AvgIpc) is 2.68. The van der Waals surface area contributed by atoms with E-state index in [2.05, 4.69) is 25.9 Å². The van der Waals surface area contributed by atoms with Crippen molar-refractivity contribution >= 4 is 29.1 Å². The van der Waals surface area contributed by atoms with Crippen LogP contribution in [0.2, 0.25) is 0 Å². The maximum absolute atomic E-state index is 12.4. The van der Waals surface area contributed by atoms with Crippen molar-refractivity contribution in [2.75, 3.05) is 29.2 Å². The molecule has 2 heterocycles. The number of nitriles is 1. The lowest BCUT2D eigenvalue weighted by atomic mass is 10.2. The van der Waals surface area contributed by atoms with Crippen molar-refractivity contribution in [1.82, 2.24) is 9.97 Å². The fourth-order valence-corrected chi connectivity index (χ4v) is 2.46. The Hall–Kier alpha value is -4.13. The SMILES string of the molecule is CC(=O)Nc1ccc2c(c1)NC(=O)Nc1cnc(C#N)c(n1)OCC/C=C\CO2. The first-order valence-electron chi connectivity index (χ1n) is 8.72. The molecule has 1 aliphatic heterocycles. The van der Waals surface area contributed by atoms with E-state index < -0.39 is 6.03 Å². The molecule has 0 spiro atoms. The number of hydrogen-bond donors (Lipinski definition) is 3. The smallest absolute Gasteiger partial charge is 0.325 e. The second kappa shape index (κ2) is 9.18. The van der Waals surface area contributed by atoms with Gasteiger partial charge < -0.3 is 20.1 Å². The molecule has 3 amide bonds. The molecule has 0 saturated heterocycles. The van der Waals surface area contributed by atoms with E-state index in [1.54, 1.807) is 18.2 Å². The molecule has 0 saturated carbocycles. The Bertz CT molecular complexity index is 999. The van der Waals surface area contributed by atoms with Crippen molar-refractivity contribution < 1.29 is 19.1 Å². The van der Waals surface area contributed by atoms with Crippen LogP contribution >= 0.6 is 0 Å². The minimum Gasteiger partial charge on any atom is -0.487 e. The zero-order chi connectivity index (χ0) is 20.6. The Kier molecular flexibility index (Phi) is 6.22. The largest absolute Gasteiger partial charge is 0.487 e. The van der Waals surface area contributed by atoms with Crippen LogP contribution in [0.15, 0.2) is 36.5 Å². The Morgan fingerprint density at radius 3 is 2.93 bits per heavy atom. The molecule has 1 aromatic heterocycles. The fourth-order valence-electron chi connectivity index (χ4n) is 2.46. The normalized spacial score (nSPS) is 14.8. The summed E-state index contributed by atoms with van der Waals surface area (Å²) in [6, 6.07) is 6.19. The number of aromatic nitrogens is 2. The van der Waals surface area contributed by atoms with Gasteiger partial charge in [-0.25, -0.2) is 9.78 Å². The summed E-state index contributed by atoms with van der Waals surface area (Å²) in [5.74, 6) is 0.341. The highest BCUT2D eigenvalue weighted by Crippen LogP contribution is 2.28. The van der Waals surface area contributed by atoms with E-state index in [-0.39, 0.29) is 36.5 Å². The molecule has 0 unspecified atom stereocenters. The summed E-state index contributed by atoms with van der Waals surface area (Å²) in [7, 11) is 0. The van der Waals surface area contributed by atoms with Gasteiger partial charge in [-0.3, -0.25) is 10.1 Å². The van der Waals surface area contributed by atoms with Crippen LogP contribution in [0.3, 0.4) is 0 Å². The van der Waals surface area contributed by atoms with E-state index in [1.807, 2.05) is 18.2 Å². The van der Waals surface area contributed by atoms with Crippen LogP contribution in [0.5, 0.6) is 11.6 Å². The second-order valence-corrected chi connectivity index (χ2v) is 5.91. The third-order valence-electron chi connectivity index (χ3n) is 3.66. The molecule has 1 aliphatic rings. The lowest BCUT2D eigenvalue weighted by molar-refractivity contribution is -0.114. The molecule has 2 bridgehead atoms. The number of anilines is 3. The molecule has 3 rings (SSSR count). The predicted molar refractivity (Wildman–Crippen MR) is 105 cm³/mol. The number of nitrogens with one attached hydrogen (secondary N) is 3. The van der Waals surface area contributed by atoms with E-state index in [4.69, 9.17) is 14.7 Å². The van der Waals surface area contributed by atoms with Crippen molar-refractivity contribution in [1.29, 1.82) is 5.26 Å². The quantitative estimate of drug-likeness (QED) is 0.632. The van der Waals surface area contributed by atoms with Gasteiger partial charge in [0, 0.05) is 12.6 Å². The first-order valence-corrected chi connectivity index (χ1v) is 8.72. The zero-order valence-corrected chi connectivity index (χ0v) is 15.6. The minimum atomic E-state index is -0.606. The number of amides is 3. The van der Waals surface area contributed by atoms with Gasteiger partial charge in [0.05, 0.1) is 18.5 Å². The monoisotopic (exact) mass is 394 g/mol. The third kappa shape index (κ3) is 5.43. The number of nitrogens with zero attached hydrogens (tertiary/aromatic N) is 3. The van der Waals surface area contributed by atoms with Crippen LogP contribution in [-0.4, -0.2) is 35.1 Å². The second-order valence-electron chi connectivity index (χ2n) is 5.91. The van der Waals surface area contributed by atoms with Gasteiger partial charge in [-0.2, -0.15) is 10.2 Å². The van der Waals surface area contributed by atoms with Gasteiger partial charge in [0.1, 0.15) is 18.4 Å². The zero-order valence-electron chi connectivity index (χ0n) is 15.6. The van der Waals surface area contributed by atoms with Crippen LogP contribution in [-0.2, 0) is 4.79 Å². The van der Waals surface area contributed by atoms with Crippen molar-refractivity contribution in [2.24, 2.45) is 0 Å². The number of carbonyl (C=O) groups excluding carboxylic acids is 2. The summed E-state index contributed by atoms with van der Waals surface area (Å²) in [6.45, 7) is 1.94. The molecule has 148 valence electrons. The van der Waals surface area contributed by atoms with E-state index in [0.29, 0.717) is 23.5 Å². The van der Waals surface area contributed by atoms with Crippen LogP contribution in [0, 0.1) is 11.3 Å². The standard InChI is InChI=1S/C19H18N6O4/c1-12(26)22-13-5-6-16-14(9-13)23-19(27)25-17-11-21-15(10-20)18(24-17)29-8-4-2-3-7-28-16/h2-3,5-6,9,11H,4,7-8H2,1H3,(H,22,26)(H2,23,24,25,27)/b3-2-. The van der Waals surface area contributed by atoms with Crippen LogP contribution in [0.4, 0.5) is 22.0 Å². The average molecular weight is 394 g/mol. The van der Waals surface area contributed by atoms with Gasteiger partial charge in [-0.1, -0.05) is 12.2 Å². The van der Waals surface area contributed by atoms with Crippen molar-refractivity contribution in [3.05, 3.63) is 42.2 Å². The number of hydrogen-bond acceptors (Lipinski definition) is 7. The van der Waals surface area contributed by atoms with Crippen molar-refractivity contribution in [2.45, 2.75) is 13.3 Å². The van der Waals surface area contributed by atoms with Gasteiger partial charge in [-0.15, -0.1) is 0 Å². The summed E-state index contributed by atoms with van der Waals surface area (Å²) in [5, 5.41) is 17.0. The van der Waals surface area contributed by atoms with Gasteiger partial charge in [0.15, 0.2) is 5.82 Å². The molecule has 2 aromatic rings. The van der Waals surface area contributed by atoms with Crippen molar-refractivity contribution in [3.63, 3.8) is 0 Å². The lowest BCUT2D eigenvalue weighted by Crippen LogP contribution is -2.21. The van der Waals surface area contributed by atoms with Gasteiger partial charge >= 0.3 is 6.03 Å². The Balaban J connectivity index is 1.90. The predicted octanol–water partition coefficient (Wildman–Crippen LogP) is 2.67. The third-order valence-corrected chi connectivity index (χ3v) is 3.66. The first kappa shape index (κ1) is 19.6. The van der Waals surface area contributed by atoms with Gasteiger partial charge in [-0.05, 0) is 24.6 Å². The summed E-state index contributed by atoms with van der Waals surface area (Å²) >= 11 is 0. The van der Waals surface area contributed by atoms with Crippen molar-refractivity contribution in [3.8, 4) is 17.7 Å². The van der Waals surface area contributed by atoms with E-state index in [1.165, 1.54) is 13.1 Å². The lowest BCUT2D eigenvalue weighted by Gasteiger charge is -2.14. The molecule has 0 fully saturated rings. The molecular formula is C19H18N6O4. The maximum atomic E-state index is 12.4. The molecule has 1 aromatic carbocycles. The number of urea groups is 1. The van der Waals surface area contributed by atoms with Crippen LogP contribution in [0.1, 0.15) is 19.0 Å². The molecule has 3 N–H and O–H groups in total. The van der Waals surface area contributed by atoms with E-state index >= 15 is 0 Å². The molecule has 10 heteroatoms. The summed E-state index contributed by atoms with van der Waals surface area (Å²) in [5.41, 5.74) is 0.885. The van der Waals surface area contributed by atoms with Crippen LogP contribution < -0.4 is 25.4 Å². The Morgan fingerprint density at radius 1 is 1.28 bits per heavy atom. The number of rotatable bonds is 1. The van der Waals surface area contributed by atoms with Gasteiger partial charge in [0.25, 0.3) is 5.88 Å². The summed E-state index contributed by atoms with van der Waals surface area (Å²) in [4.78, 5) is 31.8. The molecule has 0 aliphatic carbocycles. The molecule has 0 atom stereocenters. The highest BCUT2D eigenvalue weighted by Gasteiger charge is 2.14. The number of fused-ring (bicyclic) bond motifs is 3. The summed E-state index contributed by atoms with van der Waals surface area (Å²) < 4.78 is 11.2. The molecule has 10 nitrogen and oxygen atoms in total. The number of ether oxygens (including phenoxy) is 2. The van der Waals surface area contributed by atoms with Gasteiger partial charge in [0.2, 0.25) is 11.6 Å². The maximum Gasteiger partial charge on any atom is 0.325 e. The number of carbonyl (C=O) groups is 2. The fraction of sp³-hybridized carbons (Fsp3) is 0.211. The molecule has 29 heavy (non-hydrogen) atoms. The van der Waals surface area contributed by atoms with Crippen LogP contribution in [0.25, 0.3) is 0 Å². The Morgan fingerprint density at radius 2 is 2.14 bits per heavy atom. The topological polar surface area (TPSA) is 138 Å². The minimum absolute atomic E-state index is 0.0258. The summed E-state index contributed by atoms with van der Waals surface area (Å²) in [6.07, 6.45) is 5.50.